The van der Waals surface area contributed by atoms with Gasteiger partial charge >= 0.3 is 12.1 Å². The van der Waals surface area contributed by atoms with E-state index in [1.165, 1.54) is 18.9 Å². The summed E-state index contributed by atoms with van der Waals surface area (Å²) in [5, 5.41) is 2.65. The van der Waals surface area contributed by atoms with Crippen molar-refractivity contribution in [1.82, 2.24) is 5.32 Å². The Kier molecular flexibility index (Phi) is 8.53. The van der Waals surface area contributed by atoms with Crippen molar-refractivity contribution in [3.8, 4) is 0 Å². The van der Waals surface area contributed by atoms with Gasteiger partial charge < -0.3 is 14.8 Å². The zero-order chi connectivity index (χ0) is 22.3. The summed E-state index contributed by atoms with van der Waals surface area (Å²) in [5.41, 5.74) is 1.19. The van der Waals surface area contributed by atoms with Crippen LogP contribution in [0.15, 0.2) is 35.9 Å². The first-order chi connectivity index (χ1) is 14.1. The lowest BCUT2D eigenvalue weighted by Gasteiger charge is -2.30. The highest BCUT2D eigenvalue weighted by Gasteiger charge is 2.32. The maximum atomic E-state index is 12.7. The molecule has 0 aromatic heterocycles. The second-order valence-corrected chi connectivity index (χ2v) is 9.75. The van der Waals surface area contributed by atoms with Crippen molar-refractivity contribution in [2.75, 3.05) is 12.9 Å². The highest BCUT2D eigenvalue weighted by Crippen LogP contribution is 2.35. The van der Waals surface area contributed by atoms with E-state index >= 15 is 0 Å². The van der Waals surface area contributed by atoms with Crippen LogP contribution in [0.1, 0.15) is 46.1 Å². The van der Waals surface area contributed by atoms with Gasteiger partial charge in [0.15, 0.2) is 5.78 Å². The van der Waals surface area contributed by atoms with E-state index in [0.29, 0.717) is 18.6 Å². The predicted octanol–water partition coefficient (Wildman–Crippen LogP) is 4.24. The largest absolute Gasteiger partial charge is 0.467 e. The van der Waals surface area contributed by atoms with Gasteiger partial charge in [0.1, 0.15) is 11.6 Å². The van der Waals surface area contributed by atoms with Crippen molar-refractivity contribution >= 4 is 35.7 Å². The Balaban J connectivity index is 1.97. The van der Waals surface area contributed by atoms with Crippen LogP contribution in [0.2, 0.25) is 0 Å². The normalized spacial score (nSPS) is 21.8. The minimum absolute atomic E-state index is 0.0676. The van der Waals surface area contributed by atoms with Crippen molar-refractivity contribution in [3.05, 3.63) is 41.5 Å². The topological polar surface area (TPSA) is 81.7 Å². The smallest absolute Gasteiger partial charge is 0.408 e. The average molecular weight is 434 g/mol. The van der Waals surface area contributed by atoms with Crippen LogP contribution in [-0.2, 0) is 19.1 Å². The van der Waals surface area contributed by atoms with Gasteiger partial charge in [0.25, 0.3) is 0 Å². The molecule has 0 spiro atoms. The number of thioether (sulfide) groups is 1. The second-order valence-electron chi connectivity index (χ2n) is 8.48. The molecular formula is C23H31NO5S. The first-order valence-electron chi connectivity index (χ1n) is 10.1. The molecule has 3 atom stereocenters. The number of nitrogens with one attached hydrogen (secondary N) is 1. The van der Waals surface area contributed by atoms with Gasteiger partial charge in [-0.05, 0) is 50.3 Å². The summed E-state index contributed by atoms with van der Waals surface area (Å²) >= 11 is 1.51. The van der Waals surface area contributed by atoms with Crippen molar-refractivity contribution in [3.63, 3.8) is 0 Å². The number of benzene rings is 1. The third-order valence-corrected chi connectivity index (χ3v) is 6.30. The summed E-state index contributed by atoms with van der Waals surface area (Å²) in [6.45, 7) is 7.37. The minimum Gasteiger partial charge on any atom is -0.467 e. The summed E-state index contributed by atoms with van der Waals surface area (Å²) in [6, 6.07) is 8.98. The predicted molar refractivity (Wildman–Crippen MR) is 119 cm³/mol. The molecule has 1 N–H and O–H groups in total. The first kappa shape index (κ1) is 24.0. The molecule has 1 fully saturated rings. The molecule has 30 heavy (non-hydrogen) atoms. The molecule has 0 saturated heterocycles. The molecule has 0 unspecified atom stereocenters. The number of alkyl carbamates (subject to hydrolysis) is 1. The second kappa shape index (κ2) is 10.7. The fraction of sp³-hybridized carbons (Fsp3) is 0.522. The molecule has 164 valence electrons. The summed E-state index contributed by atoms with van der Waals surface area (Å²) in [6.07, 6.45) is 2.39. The van der Waals surface area contributed by atoms with Crippen LogP contribution in [-0.4, -0.2) is 47.6 Å². The van der Waals surface area contributed by atoms with E-state index < -0.39 is 23.7 Å². The molecule has 0 bridgehead atoms. The Hall–Kier alpha value is -2.28. The van der Waals surface area contributed by atoms with Crippen molar-refractivity contribution < 1.29 is 23.9 Å². The number of carbonyl (C=O) groups excluding carboxylic acids is 3. The van der Waals surface area contributed by atoms with E-state index in [0.717, 1.165) is 11.1 Å². The van der Waals surface area contributed by atoms with E-state index in [-0.39, 0.29) is 17.0 Å². The number of hydrogen-bond donors (Lipinski definition) is 1. The number of esters is 1. The van der Waals surface area contributed by atoms with Gasteiger partial charge in [-0.25, -0.2) is 9.59 Å². The van der Waals surface area contributed by atoms with Gasteiger partial charge in [0, 0.05) is 17.4 Å². The van der Waals surface area contributed by atoms with Crippen LogP contribution in [0, 0.1) is 5.92 Å². The maximum absolute atomic E-state index is 12.7. The summed E-state index contributed by atoms with van der Waals surface area (Å²) in [5.74, 6) is 0.172. The zero-order valence-electron chi connectivity index (χ0n) is 18.3. The molecule has 0 heterocycles. The molecule has 1 amide bonds. The van der Waals surface area contributed by atoms with Crippen molar-refractivity contribution in [2.24, 2.45) is 5.92 Å². The first-order valence-corrected chi connectivity index (χ1v) is 11.1. The number of allylic oxidation sites excluding steroid dienone is 1. The van der Waals surface area contributed by atoms with Crippen molar-refractivity contribution in [2.45, 2.75) is 57.4 Å². The van der Waals surface area contributed by atoms with Gasteiger partial charge in [-0.1, -0.05) is 37.3 Å². The lowest BCUT2D eigenvalue weighted by molar-refractivity contribution is -0.142. The Morgan fingerprint density at radius 3 is 2.50 bits per heavy atom. The number of ketones is 1. The van der Waals surface area contributed by atoms with E-state index in [4.69, 9.17) is 9.47 Å². The van der Waals surface area contributed by atoms with Gasteiger partial charge in [0.05, 0.1) is 7.11 Å². The number of rotatable bonds is 6. The average Bonchev–Trinajstić information content (AvgIpc) is 2.67. The molecule has 7 heteroatoms. The van der Waals surface area contributed by atoms with Crippen LogP contribution >= 0.6 is 11.8 Å². The molecular weight excluding hydrogens is 402 g/mol. The van der Waals surface area contributed by atoms with Crippen LogP contribution in [0.4, 0.5) is 4.79 Å². The molecule has 1 aromatic carbocycles. The lowest BCUT2D eigenvalue weighted by atomic mass is 9.84. The molecule has 0 radical (unpaired) electrons. The molecule has 1 aromatic rings. The third-order valence-electron chi connectivity index (χ3n) is 4.72. The number of amides is 1. The number of carbonyl (C=O) groups is 3. The fourth-order valence-corrected chi connectivity index (χ4v) is 4.55. The molecule has 2 rings (SSSR count). The zero-order valence-corrected chi connectivity index (χ0v) is 19.1. The van der Waals surface area contributed by atoms with Crippen LogP contribution < -0.4 is 5.32 Å². The van der Waals surface area contributed by atoms with Crippen LogP contribution in [0.3, 0.4) is 0 Å². The van der Waals surface area contributed by atoms with Gasteiger partial charge in [-0.15, -0.1) is 0 Å². The monoisotopic (exact) mass is 433 g/mol. The van der Waals surface area contributed by atoms with Crippen molar-refractivity contribution in [1.29, 1.82) is 0 Å². The number of methoxy groups -OCH3 is 1. The molecule has 0 aliphatic heterocycles. The van der Waals surface area contributed by atoms with Gasteiger partial charge in [0.2, 0.25) is 0 Å². The standard InChI is InChI=1S/C23H31NO5S/c1-15-11-17(12-16-9-7-6-8-10-16)19(25)13-20(15)30-14-18(21(26)28-5)24-22(27)29-23(2,3)4/h6-10,12,15,18,20H,11,13-14H2,1-5H3,(H,24,27)/b17-12+/t15-,18+,20+/m1/s1. The highest BCUT2D eigenvalue weighted by molar-refractivity contribution is 8.00. The SMILES string of the molecule is COC(=O)[C@H](CS[C@H]1CC(=O)/C(=C/c2ccccc2)C[C@H]1C)NC(=O)OC(C)(C)C. The Morgan fingerprint density at radius 2 is 1.90 bits per heavy atom. The highest BCUT2D eigenvalue weighted by atomic mass is 32.2. The van der Waals surface area contributed by atoms with E-state index in [1.807, 2.05) is 36.4 Å². The van der Waals surface area contributed by atoms with Gasteiger partial charge in [-0.3, -0.25) is 4.79 Å². The third kappa shape index (κ3) is 7.52. The fourth-order valence-electron chi connectivity index (χ4n) is 3.20. The molecule has 1 aliphatic carbocycles. The van der Waals surface area contributed by atoms with Gasteiger partial charge in [-0.2, -0.15) is 11.8 Å². The van der Waals surface area contributed by atoms with Crippen LogP contribution in [0.25, 0.3) is 6.08 Å². The Bertz CT molecular complexity index is 785. The summed E-state index contributed by atoms with van der Waals surface area (Å²) in [7, 11) is 1.28. The molecule has 1 aliphatic rings. The van der Waals surface area contributed by atoms with E-state index in [1.54, 1.807) is 20.8 Å². The summed E-state index contributed by atoms with van der Waals surface area (Å²) < 4.78 is 10.1. The maximum Gasteiger partial charge on any atom is 0.408 e. The lowest BCUT2D eigenvalue weighted by Crippen LogP contribution is -2.46. The minimum atomic E-state index is -0.835. The van der Waals surface area contributed by atoms with Crippen LogP contribution in [0.5, 0.6) is 0 Å². The molecule has 1 saturated carbocycles. The Labute approximate surface area is 182 Å². The van der Waals surface area contributed by atoms with E-state index in [2.05, 4.69) is 12.2 Å². The quantitative estimate of drug-likeness (QED) is 0.534. The summed E-state index contributed by atoms with van der Waals surface area (Å²) in [4.78, 5) is 36.8. The molecule has 6 nitrogen and oxygen atoms in total. The number of hydrogen-bond acceptors (Lipinski definition) is 6. The van der Waals surface area contributed by atoms with E-state index in [9.17, 15) is 14.4 Å². The number of ether oxygens (including phenoxy) is 2. The number of Topliss-reactive ketones (excluding diaryl/α,β-unsaturated/α-hetero) is 1. The Morgan fingerprint density at radius 1 is 1.23 bits per heavy atom.